The van der Waals surface area contributed by atoms with Crippen LogP contribution < -0.4 is 0 Å². The van der Waals surface area contributed by atoms with Gasteiger partial charge in [-0.1, -0.05) is 32.1 Å². The second-order valence-corrected chi connectivity index (χ2v) is 6.28. The summed E-state index contributed by atoms with van der Waals surface area (Å²) < 4.78 is 26.6. The molecule has 0 fully saturated rings. The maximum Gasteiger partial charge on any atom is 0.382 e. The number of unbranched alkanes of at least 4 members (excludes halogenated alkanes) is 4. The molecule has 0 radical (unpaired) electrons. The topological polar surface area (TPSA) is 61.8 Å². The molecule has 0 spiro atoms. The van der Waals surface area contributed by atoms with Crippen molar-refractivity contribution in [1.29, 1.82) is 0 Å². The Bertz CT molecular complexity index is 361. The maximum atomic E-state index is 12.1. The average molecular weight is 290 g/mol. The van der Waals surface area contributed by atoms with E-state index in [2.05, 4.69) is 18.8 Å². The van der Waals surface area contributed by atoms with Crippen LogP contribution in [0.5, 0.6) is 0 Å². The molecule has 110 valence electrons. The zero-order valence-corrected chi connectivity index (χ0v) is 13.0. The summed E-state index contributed by atoms with van der Waals surface area (Å²) in [5, 5.41) is 0. The largest absolute Gasteiger partial charge is 0.436 e. The van der Waals surface area contributed by atoms with E-state index >= 15 is 0 Å². The zero-order chi connectivity index (χ0) is 14.7. The molecule has 0 saturated carbocycles. The Morgan fingerprint density at radius 2 is 1.84 bits per heavy atom. The summed E-state index contributed by atoms with van der Waals surface area (Å²) in [4.78, 5) is 11.0. The Hall–Kier alpha value is -0.820. The summed E-state index contributed by atoms with van der Waals surface area (Å²) >= 11 is 0. The van der Waals surface area contributed by atoms with Gasteiger partial charge in [0.05, 0.1) is 0 Å². The highest BCUT2D eigenvalue weighted by Gasteiger charge is 2.35. The Morgan fingerprint density at radius 1 is 1.21 bits per heavy atom. The third kappa shape index (κ3) is 7.37. The second kappa shape index (κ2) is 10.0. The van der Waals surface area contributed by atoms with Gasteiger partial charge in [0.15, 0.2) is 0 Å². The lowest BCUT2D eigenvalue weighted by molar-refractivity contribution is -0.141. The van der Waals surface area contributed by atoms with Crippen LogP contribution >= 0.6 is 7.60 Å². The minimum atomic E-state index is -3.52. The molecule has 0 aliphatic carbocycles. The highest BCUT2D eigenvalue weighted by atomic mass is 31.2. The third-order valence-electron chi connectivity index (χ3n) is 2.45. The Morgan fingerprint density at radius 3 is 2.32 bits per heavy atom. The van der Waals surface area contributed by atoms with E-state index in [1.54, 1.807) is 0 Å². The van der Waals surface area contributed by atoms with Gasteiger partial charge in [0.25, 0.3) is 5.85 Å². The first kappa shape index (κ1) is 18.2. The van der Waals surface area contributed by atoms with Crippen molar-refractivity contribution in [1.82, 2.24) is 0 Å². The Balaban J connectivity index is 4.56. The summed E-state index contributed by atoms with van der Waals surface area (Å²) in [6.07, 6.45) is 5.08. The number of carbonyl (C=O) groups is 1. The number of carbonyl (C=O) groups excluding carboxylic acids is 1. The van der Waals surface area contributed by atoms with Crippen molar-refractivity contribution in [3.63, 3.8) is 0 Å². The van der Waals surface area contributed by atoms with E-state index < -0.39 is 19.4 Å². The van der Waals surface area contributed by atoms with E-state index in [0.717, 1.165) is 19.3 Å². The molecule has 0 aromatic rings. The van der Waals surface area contributed by atoms with Crippen molar-refractivity contribution in [3.8, 4) is 11.8 Å². The van der Waals surface area contributed by atoms with E-state index in [1.807, 2.05) is 0 Å². The van der Waals surface area contributed by atoms with Crippen molar-refractivity contribution in [2.24, 2.45) is 0 Å². The molecule has 0 bridgehead atoms. The molecule has 0 amide bonds. The van der Waals surface area contributed by atoms with Crippen LogP contribution in [0.25, 0.3) is 0 Å². The van der Waals surface area contributed by atoms with E-state index in [4.69, 9.17) is 13.8 Å². The number of rotatable bonds is 8. The summed E-state index contributed by atoms with van der Waals surface area (Å²) in [6, 6.07) is 0. The molecule has 0 rings (SSSR count). The molecule has 0 saturated heterocycles. The number of hydrogen-bond acceptors (Lipinski definition) is 5. The summed E-state index contributed by atoms with van der Waals surface area (Å²) in [5.41, 5.74) is 0. The molecule has 1 atom stereocenters. The Labute approximate surface area is 115 Å². The van der Waals surface area contributed by atoms with Crippen molar-refractivity contribution < 1.29 is 23.1 Å². The number of hydrogen-bond donors (Lipinski definition) is 0. The molecule has 0 unspecified atom stereocenters. The molecule has 19 heavy (non-hydrogen) atoms. The van der Waals surface area contributed by atoms with Crippen LogP contribution in [0.3, 0.4) is 0 Å². The van der Waals surface area contributed by atoms with Crippen molar-refractivity contribution in [3.05, 3.63) is 0 Å². The van der Waals surface area contributed by atoms with Gasteiger partial charge in [-0.3, -0.25) is 9.36 Å². The molecule has 0 heterocycles. The van der Waals surface area contributed by atoms with Gasteiger partial charge in [-0.2, -0.15) is 0 Å². The fourth-order valence-corrected chi connectivity index (χ4v) is 2.45. The van der Waals surface area contributed by atoms with Crippen LogP contribution in [0.4, 0.5) is 0 Å². The van der Waals surface area contributed by atoms with Crippen molar-refractivity contribution in [2.75, 3.05) is 14.2 Å². The molecule has 6 heteroatoms. The van der Waals surface area contributed by atoms with Gasteiger partial charge >= 0.3 is 13.6 Å². The average Bonchev–Trinajstić information content (AvgIpc) is 2.40. The third-order valence-corrected chi connectivity index (χ3v) is 4.28. The first-order valence-electron chi connectivity index (χ1n) is 6.37. The lowest BCUT2D eigenvalue weighted by Gasteiger charge is -2.19. The highest BCUT2D eigenvalue weighted by molar-refractivity contribution is 7.54. The lowest BCUT2D eigenvalue weighted by Crippen LogP contribution is -2.16. The standard InChI is InChI=1S/C13H23O5P/c1-5-6-7-8-9-10-11-13(18-12(2)14)19(15,16-3)17-4/h13H,5-9H2,1-4H3/t13-/m1/s1. The SMILES string of the molecule is CCCCCCC#C[C@H](OC(C)=O)P(=O)(OC)OC. The summed E-state index contributed by atoms with van der Waals surface area (Å²) in [7, 11) is -1.04. The summed E-state index contributed by atoms with van der Waals surface area (Å²) in [6.45, 7) is 3.36. The van der Waals surface area contributed by atoms with Gasteiger partial charge in [-0.05, 0) is 12.3 Å². The first-order chi connectivity index (χ1) is 9.00. The molecular formula is C13H23O5P. The second-order valence-electron chi connectivity index (χ2n) is 4.00. The maximum absolute atomic E-state index is 12.1. The molecule has 0 N–H and O–H groups in total. The predicted molar refractivity (Wildman–Crippen MR) is 73.7 cm³/mol. The first-order valence-corrected chi connectivity index (χ1v) is 7.98. The van der Waals surface area contributed by atoms with Crippen LogP contribution in [0.15, 0.2) is 0 Å². The van der Waals surface area contributed by atoms with Crippen molar-refractivity contribution in [2.45, 2.75) is 51.8 Å². The molecule has 5 nitrogen and oxygen atoms in total. The molecule has 0 aliphatic heterocycles. The quantitative estimate of drug-likeness (QED) is 0.297. The Kier molecular flexibility index (Phi) is 9.59. The fraction of sp³-hybridized carbons (Fsp3) is 0.769. The van der Waals surface area contributed by atoms with Gasteiger partial charge < -0.3 is 13.8 Å². The van der Waals surface area contributed by atoms with Crippen LogP contribution in [-0.2, 0) is 23.1 Å². The van der Waals surface area contributed by atoms with Gasteiger partial charge in [-0.25, -0.2) is 0 Å². The van der Waals surface area contributed by atoms with E-state index in [-0.39, 0.29) is 0 Å². The van der Waals surface area contributed by atoms with Crippen LogP contribution in [-0.4, -0.2) is 26.0 Å². The van der Waals surface area contributed by atoms with Crippen LogP contribution in [0.2, 0.25) is 0 Å². The highest BCUT2D eigenvalue weighted by Crippen LogP contribution is 2.51. The van der Waals surface area contributed by atoms with Crippen molar-refractivity contribution >= 4 is 13.6 Å². The smallest absolute Gasteiger partial charge is 0.382 e. The molecule has 0 aliphatic rings. The van der Waals surface area contributed by atoms with Gasteiger partial charge in [-0.15, -0.1) is 0 Å². The number of esters is 1. The molecule has 0 aromatic heterocycles. The minimum Gasteiger partial charge on any atom is -0.436 e. The van der Waals surface area contributed by atoms with Gasteiger partial charge in [0.1, 0.15) is 0 Å². The predicted octanol–water partition coefficient (Wildman–Crippen LogP) is 3.34. The normalized spacial score (nSPS) is 12.4. The molecule has 0 aromatic carbocycles. The monoisotopic (exact) mass is 290 g/mol. The van der Waals surface area contributed by atoms with E-state index in [9.17, 15) is 9.36 Å². The number of ether oxygens (including phenoxy) is 1. The lowest BCUT2D eigenvalue weighted by atomic mass is 10.2. The van der Waals surface area contributed by atoms with E-state index in [0.29, 0.717) is 6.42 Å². The van der Waals surface area contributed by atoms with Crippen LogP contribution in [0, 0.1) is 11.8 Å². The molecular weight excluding hydrogens is 267 g/mol. The summed E-state index contributed by atoms with van der Waals surface area (Å²) in [5.74, 6) is 3.80. The van der Waals surface area contributed by atoms with E-state index in [1.165, 1.54) is 27.6 Å². The fourth-order valence-electron chi connectivity index (χ4n) is 1.40. The van der Waals surface area contributed by atoms with Gasteiger partial charge in [0.2, 0.25) is 0 Å². The minimum absolute atomic E-state index is 0.570. The van der Waals surface area contributed by atoms with Gasteiger partial charge in [0, 0.05) is 27.6 Å². The van der Waals surface area contributed by atoms with Crippen LogP contribution in [0.1, 0.15) is 46.0 Å². The zero-order valence-electron chi connectivity index (χ0n) is 12.1.